The third-order valence-corrected chi connectivity index (χ3v) is 3.27. The Labute approximate surface area is 106 Å². The van der Waals surface area contributed by atoms with Gasteiger partial charge in [0.2, 0.25) is 6.08 Å². The van der Waals surface area contributed by atoms with Gasteiger partial charge in [-0.25, -0.2) is 9.18 Å². The van der Waals surface area contributed by atoms with Crippen molar-refractivity contribution in [2.24, 2.45) is 4.99 Å². The summed E-state index contributed by atoms with van der Waals surface area (Å²) in [4.78, 5) is 17.9. The van der Waals surface area contributed by atoms with Crippen LogP contribution < -0.4 is 4.90 Å². The summed E-state index contributed by atoms with van der Waals surface area (Å²) in [6.07, 6.45) is 1.41. The van der Waals surface area contributed by atoms with Gasteiger partial charge in [-0.3, -0.25) is 0 Å². The summed E-state index contributed by atoms with van der Waals surface area (Å²) in [5.41, 5.74) is 0.883. The van der Waals surface area contributed by atoms with Crippen LogP contribution in [-0.4, -0.2) is 43.7 Å². The van der Waals surface area contributed by atoms with E-state index in [-0.39, 0.29) is 5.82 Å². The number of anilines is 1. The molecule has 0 aliphatic carbocycles. The summed E-state index contributed by atoms with van der Waals surface area (Å²) < 4.78 is 13.9. The minimum atomic E-state index is -0.337. The van der Waals surface area contributed by atoms with Crippen LogP contribution in [0.5, 0.6) is 0 Å². The maximum absolute atomic E-state index is 13.9. The largest absolute Gasteiger partial charge is 0.367 e. The van der Waals surface area contributed by atoms with E-state index < -0.39 is 0 Å². The molecule has 1 aliphatic heterocycles. The number of isocyanates is 1. The van der Waals surface area contributed by atoms with Crippen LogP contribution in [0.2, 0.25) is 0 Å². The number of rotatable bonds is 3. The first kappa shape index (κ1) is 12.7. The van der Waals surface area contributed by atoms with Crippen LogP contribution in [0.3, 0.4) is 0 Å². The highest BCUT2D eigenvalue weighted by Crippen LogP contribution is 2.25. The number of piperazine rings is 1. The van der Waals surface area contributed by atoms with Crippen molar-refractivity contribution in [1.82, 2.24) is 4.90 Å². The molecular weight excluding hydrogens is 233 g/mol. The monoisotopic (exact) mass is 249 g/mol. The Kier molecular flexibility index (Phi) is 4.07. The topological polar surface area (TPSA) is 35.9 Å². The third kappa shape index (κ3) is 2.75. The van der Waals surface area contributed by atoms with Crippen LogP contribution in [0.15, 0.2) is 23.2 Å². The zero-order chi connectivity index (χ0) is 13.0. The molecule has 1 fully saturated rings. The lowest BCUT2D eigenvalue weighted by Gasteiger charge is -2.35. The van der Waals surface area contributed by atoms with Crippen molar-refractivity contribution in [3.05, 3.63) is 24.0 Å². The molecule has 0 atom stereocenters. The molecule has 1 aliphatic rings. The number of nitrogens with zero attached hydrogens (tertiary/aromatic N) is 3. The maximum Gasteiger partial charge on any atom is 0.240 e. The highest BCUT2D eigenvalue weighted by molar-refractivity contribution is 5.57. The van der Waals surface area contributed by atoms with Crippen LogP contribution in [0.4, 0.5) is 15.8 Å². The lowest BCUT2D eigenvalue weighted by molar-refractivity contribution is 0.270. The summed E-state index contributed by atoms with van der Waals surface area (Å²) in [5, 5.41) is 0. The van der Waals surface area contributed by atoms with Crippen molar-refractivity contribution in [3.8, 4) is 0 Å². The first-order chi connectivity index (χ1) is 8.74. The zero-order valence-electron chi connectivity index (χ0n) is 10.4. The van der Waals surface area contributed by atoms with Gasteiger partial charge >= 0.3 is 0 Å². The second-order valence-electron chi connectivity index (χ2n) is 4.26. The lowest BCUT2D eigenvalue weighted by atomic mass is 10.2. The summed E-state index contributed by atoms with van der Waals surface area (Å²) >= 11 is 0. The van der Waals surface area contributed by atoms with Crippen LogP contribution in [0.25, 0.3) is 0 Å². The van der Waals surface area contributed by atoms with Gasteiger partial charge in [-0.05, 0) is 18.7 Å². The quantitative estimate of drug-likeness (QED) is 0.606. The Morgan fingerprint density at radius 2 is 2.06 bits per heavy atom. The van der Waals surface area contributed by atoms with E-state index in [0.29, 0.717) is 11.4 Å². The molecule has 0 spiro atoms. The first-order valence-corrected chi connectivity index (χ1v) is 6.09. The van der Waals surface area contributed by atoms with Crippen molar-refractivity contribution in [1.29, 1.82) is 0 Å². The van der Waals surface area contributed by atoms with Gasteiger partial charge in [0.25, 0.3) is 0 Å². The van der Waals surface area contributed by atoms with Crippen molar-refractivity contribution >= 4 is 17.5 Å². The fourth-order valence-electron chi connectivity index (χ4n) is 2.18. The fraction of sp³-hybridized carbons (Fsp3) is 0.462. The highest BCUT2D eigenvalue weighted by Gasteiger charge is 2.18. The van der Waals surface area contributed by atoms with Gasteiger partial charge in [0.1, 0.15) is 5.82 Å². The second kappa shape index (κ2) is 5.76. The molecule has 96 valence electrons. The molecule has 0 bridgehead atoms. The standard InChI is InChI=1S/C13H16FN3O/c1-2-16-5-7-17(8-6-16)13-4-3-11(15-10-18)9-12(13)14/h3-4,9H,2,5-8H2,1H3. The number of hydrogen-bond acceptors (Lipinski definition) is 4. The molecule has 0 radical (unpaired) electrons. The van der Waals surface area contributed by atoms with Crippen LogP contribution in [0, 0.1) is 5.82 Å². The third-order valence-electron chi connectivity index (χ3n) is 3.27. The summed E-state index contributed by atoms with van der Waals surface area (Å²) in [6.45, 7) is 6.70. The zero-order valence-corrected chi connectivity index (χ0v) is 10.4. The van der Waals surface area contributed by atoms with Crippen LogP contribution >= 0.6 is 0 Å². The van der Waals surface area contributed by atoms with E-state index in [1.54, 1.807) is 12.1 Å². The molecule has 0 saturated carbocycles. The molecule has 0 aromatic heterocycles. The van der Waals surface area contributed by atoms with E-state index in [9.17, 15) is 9.18 Å². The van der Waals surface area contributed by atoms with E-state index >= 15 is 0 Å². The number of aliphatic imine (C=N–C) groups is 1. The fourth-order valence-corrected chi connectivity index (χ4v) is 2.18. The smallest absolute Gasteiger partial charge is 0.240 e. The lowest BCUT2D eigenvalue weighted by Crippen LogP contribution is -2.46. The van der Waals surface area contributed by atoms with Gasteiger partial charge in [0.15, 0.2) is 0 Å². The molecular formula is C13H16FN3O. The Morgan fingerprint density at radius 1 is 1.33 bits per heavy atom. The van der Waals surface area contributed by atoms with Gasteiger partial charge < -0.3 is 9.80 Å². The molecule has 1 saturated heterocycles. The average Bonchev–Trinajstić information content (AvgIpc) is 2.40. The van der Waals surface area contributed by atoms with Gasteiger partial charge in [0, 0.05) is 32.2 Å². The SMILES string of the molecule is CCN1CCN(c2ccc(N=C=O)cc2F)CC1. The van der Waals surface area contributed by atoms with E-state index in [2.05, 4.69) is 16.8 Å². The van der Waals surface area contributed by atoms with Crippen molar-refractivity contribution in [2.75, 3.05) is 37.6 Å². The van der Waals surface area contributed by atoms with E-state index in [4.69, 9.17) is 0 Å². The number of halogens is 1. The normalized spacial score (nSPS) is 16.4. The molecule has 18 heavy (non-hydrogen) atoms. The van der Waals surface area contributed by atoms with Gasteiger partial charge in [-0.15, -0.1) is 0 Å². The van der Waals surface area contributed by atoms with Crippen molar-refractivity contribution < 1.29 is 9.18 Å². The van der Waals surface area contributed by atoms with Gasteiger partial charge in [-0.2, -0.15) is 4.99 Å². The van der Waals surface area contributed by atoms with Gasteiger partial charge in [-0.1, -0.05) is 6.92 Å². The molecule has 1 aromatic rings. The molecule has 2 rings (SSSR count). The highest BCUT2D eigenvalue weighted by atomic mass is 19.1. The molecule has 0 N–H and O–H groups in total. The molecule has 4 nitrogen and oxygen atoms in total. The van der Waals surface area contributed by atoms with Crippen LogP contribution in [0.1, 0.15) is 6.92 Å². The predicted octanol–water partition coefficient (Wildman–Crippen LogP) is 1.93. The molecule has 5 heteroatoms. The minimum Gasteiger partial charge on any atom is -0.367 e. The number of hydrogen-bond donors (Lipinski definition) is 0. The number of carbonyl (C=O) groups excluding carboxylic acids is 1. The Hall–Kier alpha value is -1.71. The summed E-state index contributed by atoms with van der Waals surface area (Å²) in [7, 11) is 0. The summed E-state index contributed by atoms with van der Waals surface area (Å²) in [6, 6.07) is 4.58. The van der Waals surface area contributed by atoms with Crippen molar-refractivity contribution in [3.63, 3.8) is 0 Å². The molecule has 0 unspecified atom stereocenters. The minimum absolute atomic E-state index is 0.304. The number of benzene rings is 1. The van der Waals surface area contributed by atoms with Gasteiger partial charge in [0.05, 0.1) is 11.4 Å². The molecule has 1 aromatic carbocycles. The Morgan fingerprint density at radius 3 is 2.61 bits per heavy atom. The average molecular weight is 249 g/mol. The van der Waals surface area contributed by atoms with E-state index in [0.717, 1.165) is 32.7 Å². The Bertz CT molecular complexity index is 463. The van der Waals surface area contributed by atoms with Crippen LogP contribution in [-0.2, 0) is 4.79 Å². The number of likely N-dealkylation sites (N-methyl/N-ethyl adjacent to an activating group) is 1. The van der Waals surface area contributed by atoms with E-state index in [1.807, 2.05) is 4.90 Å². The summed E-state index contributed by atoms with van der Waals surface area (Å²) in [5.74, 6) is -0.337. The molecule has 0 amide bonds. The predicted molar refractivity (Wildman–Crippen MR) is 68.5 cm³/mol. The Balaban J connectivity index is 2.12. The first-order valence-electron chi connectivity index (χ1n) is 6.09. The maximum atomic E-state index is 13.9. The van der Waals surface area contributed by atoms with E-state index in [1.165, 1.54) is 12.1 Å². The second-order valence-corrected chi connectivity index (χ2v) is 4.26. The van der Waals surface area contributed by atoms with Crippen molar-refractivity contribution in [2.45, 2.75) is 6.92 Å². The molecule has 1 heterocycles.